The van der Waals surface area contributed by atoms with Crippen molar-refractivity contribution < 1.29 is 4.79 Å². The van der Waals surface area contributed by atoms with Gasteiger partial charge in [-0.15, -0.1) is 0 Å². The summed E-state index contributed by atoms with van der Waals surface area (Å²) in [6.45, 7) is 1.99. The molecule has 0 fully saturated rings. The van der Waals surface area contributed by atoms with Gasteiger partial charge in [0.05, 0.1) is 5.75 Å². The van der Waals surface area contributed by atoms with Crippen molar-refractivity contribution in [2.75, 3.05) is 11.1 Å². The number of benzene rings is 1. The van der Waals surface area contributed by atoms with Crippen molar-refractivity contribution in [3.63, 3.8) is 0 Å². The molecule has 3 aromatic rings. The van der Waals surface area contributed by atoms with Gasteiger partial charge in [-0.1, -0.05) is 30.3 Å². The van der Waals surface area contributed by atoms with Gasteiger partial charge in [-0.3, -0.25) is 18.7 Å². The molecule has 0 aliphatic carbocycles. The molecule has 0 spiro atoms. The molecular formula is C19H20ClN5O3S. The van der Waals surface area contributed by atoms with Crippen LogP contribution >= 0.6 is 23.4 Å². The quantitative estimate of drug-likeness (QED) is 0.473. The molecule has 10 heteroatoms. The van der Waals surface area contributed by atoms with Crippen molar-refractivity contribution in [3.05, 3.63) is 56.0 Å². The summed E-state index contributed by atoms with van der Waals surface area (Å²) in [6.07, 6.45) is 1.41. The number of carbonyl (C=O) groups is 1. The zero-order valence-corrected chi connectivity index (χ0v) is 17.8. The molecule has 3 rings (SSSR count). The number of aryl methyl sites for hydroxylation is 2. The molecule has 0 radical (unpaired) electrons. The summed E-state index contributed by atoms with van der Waals surface area (Å²) in [5.74, 6) is 0.332. The molecular weight excluding hydrogens is 414 g/mol. The van der Waals surface area contributed by atoms with E-state index < -0.39 is 11.2 Å². The van der Waals surface area contributed by atoms with Crippen LogP contribution in [0.3, 0.4) is 0 Å². The van der Waals surface area contributed by atoms with Crippen LogP contribution in [0.2, 0.25) is 5.02 Å². The van der Waals surface area contributed by atoms with Crippen molar-refractivity contribution in [2.45, 2.75) is 24.8 Å². The van der Waals surface area contributed by atoms with E-state index >= 15 is 0 Å². The summed E-state index contributed by atoms with van der Waals surface area (Å²) in [6, 6.07) is 6.78. The standard InChI is InChI=1S/C19H20ClN5O3S/c1-4-5-13-22-16-15(18(27)25(3)19(28)24(16)2)17(23-13)29-10-14(26)21-12-8-6-11(20)7-9-12/h6-9H,4-5,10H2,1-3H3,(H,21,26). The van der Waals surface area contributed by atoms with Crippen LogP contribution < -0.4 is 16.6 Å². The SMILES string of the molecule is CCCc1nc(SCC(=O)Nc2ccc(Cl)cc2)c2c(=O)n(C)c(=O)n(C)c2n1. The van der Waals surface area contributed by atoms with Gasteiger partial charge in [-0.25, -0.2) is 14.8 Å². The van der Waals surface area contributed by atoms with E-state index in [1.807, 2.05) is 6.92 Å². The Labute approximate surface area is 175 Å². The molecule has 0 saturated carbocycles. The van der Waals surface area contributed by atoms with Crippen molar-refractivity contribution in [2.24, 2.45) is 14.1 Å². The molecule has 1 amide bonds. The second-order valence-electron chi connectivity index (χ2n) is 6.44. The number of nitrogens with zero attached hydrogens (tertiary/aromatic N) is 4. The summed E-state index contributed by atoms with van der Waals surface area (Å²) in [5.41, 5.74) is -0.0403. The van der Waals surface area contributed by atoms with Gasteiger partial charge in [0.15, 0.2) is 5.65 Å². The van der Waals surface area contributed by atoms with Crippen molar-refractivity contribution in [3.8, 4) is 0 Å². The predicted octanol–water partition coefficient (Wildman–Crippen LogP) is 2.36. The Morgan fingerprint density at radius 2 is 1.83 bits per heavy atom. The lowest BCUT2D eigenvalue weighted by Gasteiger charge is -2.11. The summed E-state index contributed by atoms with van der Waals surface area (Å²) in [4.78, 5) is 46.2. The third-order valence-corrected chi connectivity index (χ3v) is 5.48. The summed E-state index contributed by atoms with van der Waals surface area (Å²) in [5, 5.41) is 3.98. The molecule has 0 atom stereocenters. The summed E-state index contributed by atoms with van der Waals surface area (Å²) >= 11 is 6.99. The molecule has 29 heavy (non-hydrogen) atoms. The van der Waals surface area contributed by atoms with Crippen LogP contribution in [0.5, 0.6) is 0 Å². The van der Waals surface area contributed by atoms with Gasteiger partial charge in [0, 0.05) is 31.2 Å². The molecule has 0 unspecified atom stereocenters. The zero-order chi connectivity index (χ0) is 21.1. The highest BCUT2D eigenvalue weighted by Crippen LogP contribution is 2.23. The second-order valence-corrected chi connectivity index (χ2v) is 7.84. The lowest BCUT2D eigenvalue weighted by Crippen LogP contribution is -2.38. The highest BCUT2D eigenvalue weighted by Gasteiger charge is 2.18. The molecule has 0 aliphatic heterocycles. The first-order valence-electron chi connectivity index (χ1n) is 8.96. The average Bonchev–Trinajstić information content (AvgIpc) is 2.70. The van der Waals surface area contributed by atoms with E-state index in [0.717, 1.165) is 22.7 Å². The van der Waals surface area contributed by atoms with E-state index in [1.54, 1.807) is 31.3 Å². The number of nitrogens with one attached hydrogen (secondary N) is 1. The minimum atomic E-state index is -0.480. The fourth-order valence-electron chi connectivity index (χ4n) is 2.78. The van der Waals surface area contributed by atoms with E-state index in [1.165, 1.54) is 11.6 Å². The Hall–Kier alpha value is -2.65. The molecule has 2 aromatic heterocycles. The molecule has 152 valence electrons. The van der Waals surface area contributed by atoms with E-state index in [0.29, 0.717) is 28.0 Å². The van der Waals surface area contributed by atoms with Crippen LogP contribution in [0.15, 0.2) is 38.9 Å². The third-order valence-electron chi connectivity index (χ3n) is 4.25. The Morgan fingerprint density at radius 1 is 1.14 bits per heavy atom. The molecule has 1 aromatic carbocycles. The van der Waals surface area contributed by atoms with E-state index in [-0.39, 0.29) is 22.7 Å². The molecule has 8 nitrogen and oxygen atoms in total. The second kappa shape index (κ2) is 8.79. The first-order valence-corrected chi connectivity index (χ1v) is 10.3. The average molecular weight is 434 g/mol. The van der Waals surface area contributed by atoms with Crippen molar-refractivity contribution >= 4 is 46.0 Å². The van der Waals surface area contributed by atoms with Crippen LogP contribution in [-0.4, -0.2) is 30.8 Å². The first-order chi connectivity index (χ1) is 13.8. The Bertz CT molecular complexity index is 1190. The Balaban J connectivity index is 1.95. The zero-order valence-electron chi connectivity index (χ0n) is 16.2. The van der Waals surface area contributed by atoms with Crippen LogP contribution in [0, 0.1) is 0 Å². The van der Waals surface area contributed by atoms with Crippen molar-refractivity contribution in [1.82, 2.24) is 19.1 Å². The number of thioether (sulfide) groups is 1. The van der Waals surface area contributed by atoms with Crippen LogP contribution in [0.25, 0.3) is 11.0 Å². The fraction of sp³-hybridized carbons (Fsp3) is 0.316. The van der Waals surface area contributed by atoms with E-state index in [4.69, 9.17) is 11.6 Å². The smallest absolute Gasteiger partial charge is 0.325 e. The van der Waals surface area contributed by atoms with Crippen molar-refractivity contribution in [1.29, 1.82) is 0 Å². The Kier molecular flexibility index (Phi) is 6.39. The maximum atomic E-state index is 12.7. The highest BCUT2D eigenvalue weighted by molar-refractivity contribution is 8.00. The lowest BCUT2D eigenvalue weighted by atomic mass is 10.3. The minimum Gasteiger partial charge on any atom is -0.325 e. The number of halogens is 1. The molecule has 0 bridgehead atoms. The van der Waals surface area contributed by atoms with Crippen LogP contribution in [0.4, 0.5) is 5.69 Å². The molecule has 0 aliphatic rings. The van der Waals surface area contributed by atoms with Crippen LogP contribution in [0.1, 0.15) is 19.2 Å². The van der Waals surface area contributed by atoms with Gasteiger partial charge in [0.2, 0.25) is 5.91 Å². The Morgan fingerprint density at radius 3 is 2.48 bits per heavy atom. The monoisotopic (exact) mass is 433 g/mol. The normalized spacial score (nSPS) is 11.0. The van der Waals surface area contributed by atoms with Gasteiger partial charge >= 0.3 is 5.69 Å². The number of amides is 1. The van der Waals surface area contributed by atoms with Gasteiger partial charge in [-0.2, -0.15) is 0 Å². The van der Waals surface area contributed by atoms with Crippen LogP contribution in [-0.2, 0) is 25.3 Å². The number of anilines is 1. The van der Waals surface area contributed by atoms with Gasteiger partial charge in [-0.05, 0) is 30.7 Å². The maximum absolute atomic E-state index is 12.7. The third kappa shape index (κ3) is 4.51. The first kappa shape index (κ1) is 21.1. The topological polar surface area (TPSA) is 98.9 Å². The lowest BCUT2D eigenvalue weighted by molar-refractivity contribution is -0.113. The van der Waals surface area contributed by atoms with E-state index in [9.17, 15) is 14.4 Å². The number of rotatable bonds is 6. The number of hydrogen-bond acceptors (Lipinski definition) is 6. The number of carbonyl (C=O) groups excluding carboxylic acids is 1. The predicted molar refractivity (Wildman–Crippen MR) is 115 cm³/mol. The number of hydrogen-bond donors (Lipinski definition) is 1. The van der Waals surface area contributed by atoms with E-state index in [2.05, 4.69) is 15.3 Å². The highest BCUT2D eigenvalue weighted by atomic mass is 35.5. The van der Waals surface area contributed by atoms with Gasteiger partial charge in [0.25, 0.3) is 5.56 Å². The number of fused-ring (bicyclic) bond motifs is 1. The van der Waals surface area contributed by atoms with Gasteiger partial charge < -0.3 is 5.32 Å². The summed E-state index contributed by atoms with van der Waals surface area (Å²) in [7, 11) is 2.97. The summed E-state index contributed by atoms with van der Waals surface area (Å²) < 4.78 is 2.35. The maximum Gasteiger partial charge on any atom is 0.332 e. The van der Waals surface area contributed by atoms with Gasteiger partial charge in [0.1, 0.15) is 16.2 Å². The molecule has 1 N–H and O–H groups in total. The molecule has 0 saturated heterocycles. The largest absolute Gasteiger partial charge is 0.332 e. The minimum absolute atomic E-state index is 0.0479. The number of aromatic nitrogens is 4. The fourth-order valence-corrected chi connectivity index (χ4v) is 3.73. The molecule has 2 heterocycles.